The highest BCUT2D eigenvalue weighted by atomic mass is 19.1. The van der Waals surface area contributed by atoms with Gasteiger partial charge in [0, 0.05) is 62.0 Å². The summed E-state index contributed by atoms with van der Waals surface area (Å²) in [6.45, 7) is 8.38. The molecular weight excluding hydrogens is 479 g/mol. The summed E-state index contributed by atoms with van der Waals surface area (Å²) in [5.74, 6) is -0.0348. The fourth-order valence-electron chi connectivity index (χ4n) is 5.63. The third kappa shape index (κ3) is 5.27. The number of rotatable bonds is 8. The lowest BCUT2D eigenvalue weighted by Crippen LogP contribution is -2.49. The van der Waals surface area contributed by atoms with Crippen molar-refractivity contribution >= 4 is 16.7 Å². The van der Waals surface area contributed by atoms with E-state index < -0.39 is 5.82 Å². The van der Waals surface area contributed by atoms with E-state index >= 15 is 4.39 Å². The van der Waals surface area contributed by atoms with Gasteiger partial charge in [-0.25, -0.2) is 4.39 Å². The van der Waals surface area contributed by atoms with Crippen LogP contribution in [0.25, 0.3) is 21.9 Å². The predicted molar refractivity (Wildman–Crippen MR) is 149 cm³/mol. The van der Waals surface area contributed by atoms with Crippen LogP contribution in [0.2, 0.25) is 0 Å². The second-order valence-electron chi connectivity index (χ2n) is 11.5. The first kappa shape index (κ1) is 25.3. The molecule has 38 heavy (non-hydrogen) atoms. The van der Waals surface area contributed by atoms with Crippen molar-refractivity contribution in [2.45, 2.75) is 71.1 Å². The highest BCUT2D eigenvalue weighted by molar-refractivity contribution is 5.97. The summed E-state index contributed by atoms with van der Waals surface area (Å²) in [7, 11) is 0. The van der Waals surface area contributed by atoms with Crippen LogP contribution in [0.5, 0.6) is 0 Å². The third-order valence-corrected chi connectivity index (χ3v) is 8.38. The van der Waals surface area contributed by atoms with Gasteiger partial charge in [-0.2, -0.15) is 0 Å². The maximum absolute atomic E-state index is 15.0. The lowest BCUT2D eigenvalue weighted by atomic mass is 9.94. The van der Waals surface area contributed by atoms with Crippen molar-refractivity contribution < 1.29 is 9.18 Å². The molecule has 6 nitrogen and oxygen atoms in total. The summed E-state index contributed by atoms with van der Waals surface area (Å²) < 4.78 is 16.9. The molecule has 3 fully saturated rings. The maximum atomic E-state index is 15.0. The Morgan fingerprint density at radius 2 is 1.95 bits per heavy atom. The molecule has 7 heteroatoms. The monoisotopic (exact) mass is 516 g/mol. The number of hydrogen-bond acceptors (Lipinski definition) is 4. The number of piperazine rings is 1. The minimum atomic E-state index is -0.393. The third-order valence-electron chi connectivity index (χ3n) is 8.38. The molecule has 0 spiro atoms. The first-order valence-corrected chi connectivity index (χ1v) is 14.1. The molecule has 1 aromatic heterocycles. The zero-order valence-electron chi connectivity index (χ0n) is 22.4. The zero-order chi connectivity index (χ0) is 26.4. The number of hydrogen-bond donors (Lipinski definition) is 2. The van der Waals surface area contributed by atoms with E-state index in [-0.39, 0.29) is 17.5 Å². The van der Waals surface area contributed by atoms with Crippen LogP contribution in [0.1, 0.15) is 60.5 Å². The fraction of sp³-hybridized carbons (Fsp3) is 0.484. The van der Waals surface area contributed by atoms with Crippen molar-refractivity contribution in [3.8, 4) is 11.1 Å². The number of carbonyl (C=O) groups excluding carboxylic acids is 1. The van der Waals surface area contributed by atoms with Crippen LogP contribution in [0, 0.1) is 18.7 Å². The average molecular weight is 517 g/mol. The minimum absolute atomic E-state index is 0.0365. The molecule has 2 heterocycles. The van der Waals surface area contributed by atoms with Crippen molar-refractivity contribution in [1.29, 1.82) is 0 Å². The first-order valence-electron chi connectivity index (χ1n) is 14.1. The largest absolute Gasteiger partial charge is 0.349 e. The molecule has 3 aliphatic rings. The SMILES string of the molecule is CC[C@H]1CN(Cc2cn(CC3CC3)c(=O)c3ccc(-c4cc(C(=O)NC5CC5)cc(F)c4C)cc23)CCN1. The molecule has 0 unspecified atom stereocenters. The molecule has 2 saturated carbocycles. The van der Waals surface area contributed by atoms with Crippen LogP contribution in [0.15, 0.2) is 41.3 Å². The van der Waals surface area contributed by atoms with E-state index in [9.17, 15) is 9.59 Å². The van der Waals surface area contributed by atoms with Crippen LogP contribution in [-0.2, 0) is 13.1 Å². The van der Waals surface area contributed by atoms with Crippen molar-refractivity contribution in [3.63, 3.8) is 0 Å². The van der Waals surface area contributed by atoms with Gasteiger partial charge < -0.3 is 15.2 Å². The number of carbonyl (C=O) groups is 1. The molecule has 0 radical (unpaired) electrons. The fourth-order valence-corrected chi connectivity index (χ4v) is 5.63. The Morgan fingerprint density at radius 3 is 2.68 bits per heavy atom. The van der Waals surface area contributed by atoms with Gasteiger partial charge in [0.2, 0.25) is 0 Å². The van der Waals surface area contributed by atoms with E-state index in [1.165, 1.54) is 18.9 Å². The number of aromatic nitrogens is 1. The first-order chi connectivity index (χ1) is 18.4. The van der Waals surface area contributed by atoms with E-state index in [2.05, 4.69) is 28.7 Å². The van der Waals surface area contributed by atoms with Gasteiger partial charge in [-0.1, -0.05) is 13.0 Å². The Bertz CT molecular complexity index is 1440. The summed E-state index contributed by atoms with van der Waals surface area (Å²) in [5, 5.41) is 8.16. The topological polar surface area (TPSA) is 66.4 Å². The number of nitrogens with one attached hydrogen (secondary N) is 2. The Balaban J connectivity index is 1.42. The molecule has 2 aromatic carbocycles. The number of halogens is 1. The molecule has 6 rings (SSSR count). The maximum Gasteiger partial charge on any atom is 0.258 e. The highest BCUT2D eigenvalue weighted by Crippen LogP contribution is 2.33. The molecule has 0 bridgehead atoms. The predicted octanol–water partition coefficient (Wildman–Crippen LogP) is 4.60. The van der Waals surface area contributed by atoms with Crippen molar-refractivity contribution in [1.82, 2.24) is 20.1 Å². The molecule has 3 aromatic rings. The van der Waals surface area contributed by atoms with Gasteiger partial charge in [0.1, 0.15) is 5.82 Å². The molecule has 2 aliphatic carbocycles. The number of nitrogens with zero attached hydrogens (tertiary/aromatic N) is 2. The quantitative estimate of drug-likeness (QED) is 0.459. The van der Waals surface area contributed by atoms with E-state index in [1.807, 2.05) is 22.8 Å². The lowest BCUT2D eigenvalue weighted by Gasteiger charge is -2.33. The van der Waals surface area contributed by atoms with Gasteiger partial charge in [-0.05, 0) is 96.9 Å². The molecular formula is C31H37FN4O2. The molecule has 1 saturated heterocycles. The normalized spacial score (nSPS) is 20.1. The summed E-state index contributed by atoms with van der Waals surface area (Å²) in [6, 6.07) is 9.60. The van der Waals surface area contributed by atoms with Gasteiger partial charge >= 0.3 is 0 Å². The number of pyridine rings is 1. The number of amides is 1. The smallest absolute Gasteiger partial charge is 0.258 e. The Kier molecular flexibility index (Phi) is 6.82. The average Bonchev–Trinajstić information content (AvgIpc) is 3.85. The minimum Gasteiger partial charge on any atom is -0.349 e. The number of benzene rings is 2. The molecule has 1 atom stereocenters. The summed E-state index contributed by atoms with van der Waals surface area (Å²) in [4.78, 5) is 28.7. The van der Waals surface area contributed by atoms with Crippen LogP contribution >= 0.6 is 0 Å². The zero-order valence-corrected chi connectivity index (χ0v) is 22.4. The van der Waals surface area contributed by atoms with Gasteiger partial charge in [0.15, 0.2) is 0 Å². The van der Waals surface area contributed by atoms with Gasteiger partial charge in [-0.15, -0.1) is 0 Å². The van der Waals surface area contributed by atoms with Crippen molar-refractivity contribution in [2.24, 2.45) is 5.92 Å². The molecule has 200 valence electrons. The number of fused-ring (bicyclic) bond motifs is 1. The summed E-state index contributed by atoms with van der Waals surface area (Å²) in [5.41, 5.74) is 3.51. The second kappa shape index (κ2) is 10.3. The molecule has 1 amide bonds. The highest BCUT2D eigenvalue weighted by Gasteiger charge is 2.26. The van der Waals surface area contributed by atoms with Gasteiger partial charge in [-0.3, -0.25) is 14.5 Å². The second-order valence-corrected chi connectivity index (χ2v) is 11.5. The van der Waals surface area contributed by atoms with E-state index in [0.29, 0.717) is 34.0 Å². The van der Waals surface area contributed by atoms with Crippen LogP contribution in [0.4, 0.5) is 4.39 Å². The molecule has 2 N–H and O–H groups in total. The summed E-state index contributed by atoms with van der Waals surface area (Å²) >= 11 is 0. The van der Waals surface area contributed by atoms with E-state index in [4.69, 9.17) is 0 Å². The lowest BCUT2D eigenvalue weighted by molar-refractivity contribution is 0.0950. The van der Waals surface area contributed by atoms with Crippen LogP contribution < -0.4 is 16.2 Å². The standard InChI is InChI=1S/C31H37FN4O2/c1-3-24-18-35(11-10-33-24)16-23-17-36(15-20-4-5-20)31(38)26-9-6-21(12-28(23)26)27-13-22(14-29(32)19(27)2)30(37)34-25-7-8-25/h6,9,12-14,17,20,24-25,33H,3-5,7-8,10-11,15-16,18H2,1-2H3,(H,34,37)/t24-/m0/s1. The van der Waals surface area contributed by atoms with E-state index in [0.717, 1.165) is 68.5 Å². The Morgan fingerprint density at radius 1 is 1.13 bits per heavy atom. The van der Waals surface area contributed by atoms with Crippen LogP contribution in [-0.4, -0.2) is 47.1 Å². The Hall–Kier alpha value is -3.03. The van der Waals surface area contributed by atoms with Gasteiger partial charge in [0.25, 0.3) is 11.5 Å². The van der Waals surface area contributed by atoms with Crippen molar-refractivity contribution in [3.05, 3.63) is 69.4 Å². The van der Waals surface area contributed by atoms with Crippen LogP contribution in [0.3, 0.4) is 0 Å². The molecule has 1 aliphatic heterocycles. The van der Waals surface area contributed by atoms with Gasteiger partial charge in [0.05, 0.1) is 0 Å². The van der Waals surface area contributed by atoms with Crippen molar-refractivity contribution in [2.75, 3.05) is 19.6 Å². The Labute approximate surface area is 223 Å². The summed E-state index contributed by atoms with van der Waals surface area (Å²) in [6.07, 6.45) is 7.46. The van der Waals surface area contributed by atoms with E-state index in [1.54, 1.807) is 13.0 Å².